The van der Waals surface area contributed by atoms with Gasteiger partial charge in [-0.3, -0.25) is 38.6 Å². The average molecular weight is 759 g/mol. The number of aliphatic carboxylic acids is 2. The van der Waals surface area contributed by atoms with Crippen LogP contribution >= 0.6 is 0 Å². The van der Waals surface area contributed by atoms with Crippen LogP contribution in [0.15, 0.2) is 4.99 Å². The molecule has 0 spiro atoms. The smallest absolute Gasteiger partial charge is 0.326 e. The number of nitrogens with two attached hydrogens (primary N) is 6. The van der Waals surface area contributed by atoms with Crippen LogP contribution in [0.3, 0.4) is 0 Å². The number of unbranched alkanes of at least 4 members (excludes halogenated alkanes) is 2. The van der Waals surface area contributed by atoms with Gasteiger partial charge in [0.2, 0.25) is 35.4 Å². The zero-order chi connectivity index (χ0) is 40.5. The molecule has 22 nitrogen and oxygen atoms in total. The highest BCUT2D eigenvalue weighted by Gasteiger charge is 2.31. The van der Waals surface area contributed by atoms with Crippen molar-refractivity contribution in [2.24, 2.45) is 39.4 Å². The Morgan fingerprint density at radius 3 is 1.49 bits per heavy atom. The number of nitrogens with one attached hydrogen (secondary N) is 5. The second-order valence-electron chi connectivity index (χ2n) is 12.4. The molecular formula is C31H58N12O10. The van der Waals surface area contributed by atoms with Crippen molar-refractivity contribution in [1.29, 1.82) is 0 Å². The summed E-state index contributed by atoms with van der Waals surface area (Å²) in [4.78, 5) is 104. The van der Waals surface area contributed by atoms with Gasteiger partial charge in [-0.25, -0.2) is 4.79 Å². The Hall–Kier alpha value is -5.09. The van der Waals surface area contributed by atoms with Gasteiger partial charge in [0.05, 0.1) is 6.04 Å². The minimum atomic E-state index is -1.42. The van der Waals surface area contributed by atoms with Crippen molar-refractivity contribution in [1.82, 2.24) is 26.6 Å². The topological polar surface area (TPSA) is 406 Å². The van der Waals surface area contributed by atoms with Crippen LogP contribution < -0.4 is 61.0 Å². The Bertz CT molecular complexity index is 1260. The summed E-state index contributed by atoms with van der Waals surface area (Å²) >= 11 is 0. The fraction of sp³-hybridized carbons (Fsp3) is 0.710. The molecule has 0 saturated carbocycles. The first-order chi connectivity index (χ1) is 24.9. The van der Waals surface area contributed by atoms with Gasteiger partial charge in [-0.05, 0) is 84.2 Å². The summed E-state index contributed by atoms with van der Waals surface area (Å²) in [5.41, 5.74) is 32.6. The van der Waals surface area contributed by atoms with Crippen molar-refractivity contribution >= 4 is 53.3 Å². The molecule has 0 bridgehead atoms. The number of hydrogen-bond acceptors (Lipinski definition) is 12. The predicted molar refractivity (Wildman–Crippen MR) is 192 cm³/mol. The summed E-state index contributed by atoms with van der Waals surface area (Å²) in [6, 6.07) is -7.70. The highest BCUT2D eigenvalue weighted by atomic mass is 16.4. The van der Waals surface area contributed by atoms with Gasteiger partial charge in [0.25, 0.3) is 0 Å². The number of aliphatic imine (C=N–C) groups is 1. The number of nitrogens with zero attached hydrogens (tertiary/aromatic N) is 1. The van der Waals surface area contributed by atoms with Gasteiger partial charge in [0, 0.05) is 19.4 Å². The largest absolute Gasteiger partial charge is 0.481 e. The third-order valence-corrected chi connectivity index (χ3v) is 7.79. The monoisotopic (exact) mass is 758 g/mol. The number of carboxylic acid groups (broad SMARTS) is 2. The van der Waals surface area contributed by atoms with E-state index < -0.39 is 90.1 Å². The Balaban J connectivity index is 5.89. The minimum absolute atomic E-state index is 0.00829. The Morgan fingerprint density at radius 2 is 1.02 bits per heavy atom. The normalized spacial score (nSPS) is 14.2. The van der Waals surface area contributed by atoms with Crippen molar-refractivity contribution < 1.29 is 48.6 Å². The maximum Gasteiger partial charge on any atom is 0.326 e. The first-order valence-corrected chi connectivity index (χ1v) is 17.4. The molecule has 0 aliphatic rings. The second kappa shape index (κ2) is 26.7. The van der Waals surface area contributed by atoms with E-state index in [1.54, 1.807) is 0 Å². The highest BCUT2D eigenvalue weighted by molar-refractivity contribution is 5.96. The van der Waals surface area contributed by atoms with Gasteiger partial charge < -0.3 is 71.2 Å². The molecule has 6 atom stereocenters. The first-order valence-electron chi connectivity index (χ1n) is 17.4. The molecule has 0 unspecified atom stereocenters. The van der Waals surface area contributed by atoms with Crippen LogP contribution in [0.1, 0.15) is 84.0 Å². The number of hydrogen-bond donors (Lipinski definition) is 13. The van der Waals surface area contributed by atoms with E-state index in [-0.39, 0.29) is 64.0 Å². The van der Waals surface area contributed by atoms with E-state index in [1.165, 1.54) is 6.92 Å². The van der Waals surface area contributed by atoms with E-state index in [4.69, 9.17) is 39.5 Å². The van der Waals surface area contributed by atoms with Crippen molar-refractivity contribution in [3.63, 3.8) is 0 Å². The number of carbonyl (C=O) groups excluding carboxylic acids is 6. The zero-order valence-electron chi connectivity index (χ0n) is 30.1. The van der Waals surface area contributed by atoms with E-state index in [0.29, 0.717) is 32.2 Å². The molecule has 53 heavy (non-hydrogen) atoms. The molecule has 0 radical (unpaired) electrons. The molecule has 0 aliphatic heterocycles. The quantitative estimate of drug-likeness (QED) is 0.0194. The summed E-state index contributed by atoms with van der Waals surface area (Å²) in [5.74, 6) is -7.59. The number of carbonyl (C=O) groups is 8. The van der Waals surface area contributed by atoms with Crippen LogP contribution in [0.2, 0.25) is 0 Å². The summed E-state index contributed by atoms with van der Waals surface area (Å²) in [6.45, 7) is 2.01. The summed E-state index contributed by atoms with van der Waals surface area (Å²) in [5, 5.41) is 31.1. The standard InChI is InChI=1S/C31H58N12O10/c1-17(39-27(49)21(11-13-24(45)46)41-26(48)18(34)10-12-23(35)44)25(47)40-19(7-2-4-14-32)28(50)42-20(8-3-5-15-33)29(51)43-22(30(52)53)9-6-16-38-31(36)37/h17-22H,2-16,32-34H2,1H3,(H2,35,44)(H,39,49)(H,40,47)(H,41,48)(H,42,50)(H,43,51)(H,45,46)(H,52,53)(H4,36,37,38)/t17-,18-,19-,20-,21-,22-/m0/s1. The number of rotatable bonds is 29. The van der Waals surface area contributed by atoms with Crippen LogP contribution in [0.25, 0.3) is 0 Å². The summed E-state index contributed by atoms with van der Waals surface area (Å²) in [7, 11) is 0. The lowest BCUT2D eigenvalue weighted by Gasteiger charge is -2.26. The van der Waals surface area contributed by atoms with E-state index >= 15 is 0 Å². The second-order valence-corrected chi connectivity index (χ2v) is 12.4. The van der Waals surface area contributed by atoms with Gasteiger partial charge in [-0.15, -0.1) is 0 Å². The molecule has 0 rings (SSSR count). The lowest BCUT2D eigenvalue weighted by atomic mass is 10.0. The fourth-order valence-corrected chi connectivity index (χ4v) is 4.75. The van der Waals surface area contributed by atoms with E-state index in [1.807, 2.05) is 0 Å². The summed E-state index contributed by atoms with van der Waals surface area (Å²) in [6.07, 6.45) is 0.961. The van der Waals surface area contributed by atoms with Gasteiger partial charge in [0.1, 0.15) is 30.2 Å². The van der Waals surface area contributed by atoms with Crippen LogP contribution in [0.5, 0.6) is 0 Å². The Kier molecular flexibility index (Phi) is 24.1. The van der Waals surface area contributed by atoms with Gasteiger partial charge >= 0.3 is 11.9 Å². The van der Waals surface area contributed by atoms with Gasteiger partial charge in [-0.2, -0.15) is 0 Å². The van der Waals surface area contributed by atoms with Crippen LogP contribution in [-0.2, 0) is 38.4 Å². The SMILES string of the molecule is C[C@H](NC(=O)[C@H](CCC(=O)O)NC(=O)[C@@H](N)CCC(N)=O)C(=O)N[C@@H](CCCCN)C(=O)N[C@@H](CCCCN)C(=O)N[C@@H](CCCN=C(N)N)C(=O)O. The van der Waals surface area contributed by atoms with Crippen molar-refractivity contribution in [2.45, 2.75) is 120 Å². The van der Waals surface area contributed by atoms with Crippen molar-refractivity contribution in [2.75, 3.05) is 19.6 Å². The lowest BCUT2D eigenvalue weighted by Crippen LogP contribution is -2.58. The number of guanidine groups is 1. The van der Waals surface area contributed by atoms with Gasteiger partial charge in [0.15, 0.2) is 5.96 Å². The van der Waals surface area contributed by atoms with Crippen LogP contribution in [0, 0.1) is 0 Å². The Labute approximate surface area is 307 Å². The molecule has 0 aromatic rings. The molecule has 0 fully saturated rings. The third-order valence-electron chi connectivity index (χ3n) is 7.79. The van der Waals surface area contributed by atoms with Crippen molar-refractivity contribution in [3.8, 4) is 0 Å². The molecule has 6 amide bonds. The van der Waals surface area contributed by atoms with Crippen LogP contribution in [-0.4, -0.2) is 119 Å². The van der Waals surface area contributed by atoms with Gasteiger partial charge in [-0.1, -0.05) is 0 Å². The molecule has 0 aliphatic carbocycles. The summed E-state index contributed by atoms with van der Waals surface area (Å²) < 4.78 is 0. The van der Waals surface area contributed by atoms with E-state index in [0.717, 1.165) is 0 Å². The molecule has 19 N–H and O–H groups in total. The predicted octanol–water partition coefficient (Wildman–Crippen LogP) is -4.72. The zero-order valence-corrected chi connectivity index (χ0v) is 30.1. The first kappa shape index (κ1) is 47.9. The molecular weight excluding hydrogens is 700 g/mol. The number of primary amides is 1. The molecule has 302 valence electrons. The maximum absolute atomic E-state index is 13.5. The lowest BCUT2D eigenvalue weighted by molar-refractivity contribution is -0.142. The van der Waals surface area contributed by atoms with E-state index in [9.17, 15) is 43.5 Å². The molecule has 0 aromatic carbocycles. The maximum atomic E-state index is 13.5. The van der Waals surface area contributed by atoms with E-state index in [2.05, 4.69) is 31.6 Å². The molecule has 22 heteroatoms. The number of carboxylic acids is 2. The molecule has 0 heterocycles. The third kappa shape index (κ3) is 21.8. The van der Waals surface area contributed by atoms with Crippen LogP contribution in [0.4, 0.5) is 0 Å². The Morgan fingerprint density at radius 1 is 0.566 bits per heavy atom. The average Bonchev–Trinajstić information content (AvgIpc) is 3.08. The molecule has 0 saturated heterocycles. The minimum Gasteiger partial charge on any atom is -0.481 e. The fourth-order valence-electron chi connectivity index (χ4n) is 4.75. The number of amides is 6. The highest BCUT2D eigenvalue weighted by Crippen LogP contribution is 2.08. The van der Waals surface area contributed by atoms with Crippen molar-refractivity contribution in [3.05, 3.63) is 0 Å². The molecule has 0 aromatic heterocycles.